The number of H-pyrrole nitrogens is 1. The van der Waals surface area contributed by atoms with Gasteiger partial charge in [-0.3, -0.25) is 9.89 Å². The molecule has 9 nitrogen and oxygen atoms in total. The molecule has 0 unspecified atom stereocenters. The van der Waals surface area contributed by atoms with Crippen molar-refractivity contribution >= 4 is 17.2 Å². The van der Waals surface area contributed by atoms with Crippen LogP contribution in [0.5, 0.6) is 11.5 Å². The first-order valence-corrected chi connectivity index (χ1v) is 11.6. The Balaban J connectivity index is 1.51. The van der Waals surface area contributed by atoms with E-state index in [4.69, 9.17) is 4.74 Å². The number of phenolic OH excluding ortho intramolecular Hbond substituents is 1. The van der Waals surface area contributed by atoms with Crippen molar-refractivity contribution in [3.05, 3.63) is 52.1 Å². The molecule has 168 valence electrons. The molecule has 6 rings (SSSR count). The maximum Gasteiger partial charge on any atom is 0.272 e. The smallest absolute Gasteiger partial charge is 0.272 e. The zero-order valence-electron chi connectivity index (χ0n) is 17.7. The number of carbonyl (C=O) groups excluding carboxylic acids is 1. The van der Waals surface area contributed by atoms with Crippen molar-refractivity contribution in [1.82, 2.24) is 25.3 Å². The average molecular weight is 464 g/mol. The van der Waals surface area contributed by atoms with Gasteiger partial charge in [-0.05, 0) is 37.3 Å². The van der Waals surface area contributed by atoms with E-state index in [0.717, 1.165) is 28.2 Å². The molecule has 4 N–H and O–H groups in total. The number of hydrogen-bond acceptors (Lipinski definition) is 7. The lowest BCUT2D eigenvalue weighted by molar-refractivity contribution is 0.0559. The summed E-state index contributed by atoms with van der Waals surface area (Å²) in [5.74, 6) is 0.328. The third kappa shape index (κ3) is 3.21. The first-order valence-electron chi connectivity index (χ1n) is 10.6. The van der Waals surface area contributed by atoms with Crippen LogP contribution in [0.2, 0.25) is 0 Å². The van der Waals surface area contributed by atoms with Crippen LogP contribution in [-0.4, -0.2) is 48.2 Å². The minimum absolute atomic E-state index is 0.0566. The Morgan fingerprint density at radius 2 is 2.15 bits per heavy atom. The molecule has 4 heterocycles. The van der Waals surface area contributed by atoms with E-state index in [-0.39, 0.29) is 30.4 Å². The van der Waals surface area contributed by atoms with Crippen molar-refractivity contribution in [2.45, 2.75) is 38.5 Å². The van der Waals surface area contributed by atoms with Gasteiger partial charge in [-0.2, -0.15) is 21.5 Å². The Morgan fingerprint density at radius 3 is 2.85 bits per heavy atom. The maximum atomic E-state index is 13.1. The molecule has 1 saturated carbocycles. The van der Waals surface area contributed by atoms with E-state index in [9.17, 15) is 15.0 Å². The van der Waals surface area contributed by atoms with E-state index in [1.807, 2.05) is 29.8 Å². The number of rotatable bonds is 4. The van der Waals surface area contributed by atoms with E-state index in [1.165, 1.54) is 0 Å². The molecule has 1 aromatic carbocycles. The summed E-state index contributed by atoms with van der Waals surface area (Å²) in [5.41, 5.74) is 5.49. The van der Waals surface area contributed by atoms with Crippen LogP contribution in [0.1, 0.15) is 34.6 Å². The number of nitrogens with one attached hydrogen (secondary N) is 2. The normalized spacial score (nSPS) is 18.7. The highest BCUT2D eigenvalue weighted by molar-refractivity contribution is 7.08. The fourth-order valence-corrected chi connectivity index (χ4v) is 5.05. The number of aliphatic hydroxyl groups excluding tert-OH is 1. The third-order valence-corrected chi connectivity index (χ3v) is 6.91. The summed E-state index contributed by atoms with van der Waals surface area (Å²) >= 11 is 1.54. The number of amides is 1. The molecular formula is C23H21N5O4S. The molecule has 33 heavy (non-hydrogen) atoms. The van der Waals surface area contributed by atoms with Crippen LogP contribution < -0.4 is 10.1 Å². The largest absolute Gasteiger partial charge is 0.507 e. The number of aromatic nitrogens is 4. The lowest BCUT2D eigenvalue weighted by atomic mass is 9.89. The van der Waals surface area contributed by atoms with Crippen LogP contribution in [-0.2, 0) is 6.61 Å². The number of phenols is 1. The predicted molar refractivity (Wildman–Crippen MR) is 122 cm³/mol. The quantitative estimate of drug-likeness (QED) is 0.368. The van der Waals surface area contributed by atoms with Gasteiger partial charge in [0.15, 0.2) is 5.69 Å². The Kier molecular flexibility index (Phi) is 4.52. The number of ether oxygens (including phenoxy) is 1. The van der Waals surface area contributed by atoms with Crippen LogP contribution in [0.25, 0.3) is 28.1 Å². The highest BCUT2D eigenvalue weighted by Crippen LogP contribution is 2.46. The molecule has 1 aliphatic heterocycles. The van der Waals surface area contributed by atoms with E-state index >= 15 is 0 Å². The third-order valence-electron chi connectivity index (χ3n) is 6.24. The van der Waals surface area contributed by atoms with Gasteiger partial charge in [-0.15, -0.1) is 0 Å². The number of aromatic hydroxyl groups is 1. The molecular weight excluding hydrogens is 442 g/mol. The molecule has 1 amide bonds. The number of aliphatic hydroxyl groups is 1. The summed E-state index contributed by atoms with van der Waals surface area (Å²) in [6.07, 6.45) is 2.47. The van der Waals surface area contributed by atoms with E-state index < -0.39 is 0 Å². The van der Waals surface area contributed by atoms with Crippen molar-refractivity contribution in [2.75, 3.05) is 0 Å². The number of fused-ring (bicyclic) bond motifs is 3. The number of nitrogens with zero attached hydrogens (tertiary/aromatic N) is 3. The van der Waals surface area contributed by atoms with Crippen molar-refractivity contribution in [3.63, 3.8) is 0 Å². The van der Waals surface area contributed by atoms with Crippen LogP contribution in [0.15, 0.2) is 35.2 Å². The summed E-state index contributed by atoms with van der Waals surface area (Å²) < 4.78 is 7.73. The molecule has 0 bridgehead atoms. The first kappa shape index (κ1) is 20.0. The number of aromatic amines is 1. The summed E-state index contributed by atoms with van der Waals surface area (Å²) in [7, 11) is 0. The number of benzene rings is 1. The monoisotopic (exact) mass is 463 g/mol. The minimum atomic E-state index is -0.361. The Bertz CT molecular complexity index is 1370. The van der Waals surface area contributed by atoms with Crippen molar-refractivity contribution in [1.29, 1.82) is 0 Å². The van der Waals surface area contributed by atoms with Gasteiger partial charge in [-0.1, -0.05) is 0 Å². The molecule has 1 fully saturated rings. The van der Waals surface area contributed by atoms with E-state index in [2.05, 4.69) is 20.6 Å². The predicted octanol–water partition coefficient (Wildman–Crippen LogP) is 3.15. The number of aryl methyl sites for hydroxylation is 1. The number of thiophene rings is 1. The minimum Gasteiger partial charge on any atom is -0.507 e. The fraction of sp³-hybridized carbons (Fsp3) is 0.261. The number of carbonyl (C=O) groups is 1. The highest BCUT2D eigenvalue weighted by atomic mass is 32.1. The van der Waals surface area contributed by atoms with Gasteiger partial charge < -0.3 is 20.3 Å². The Morgan fingerprint density at radius 1 is 1.30 bits per heavy atom. The van der Waals surface area contributed by atoms with Gasteiger partial charge in [0, 0.05) is 45.9 Å². The van der Waals surface area contributed by atoms with Gasteiger partial charge >= 0.3 is 0 Å². The molecule has 0 spiro atoms. The second-order valence-electron chi connectivity index (χ2n) is 8.40. The van der Waals surface area contributed by atoms with Gasteiger partial charge in [0.25, 0.3) is 5.91 Å². The first-order chi connectivity index (χ1) is 16.0. The van der Waals surface area contributed by atoms with Crippen LogP contribution in [0.3, 0.4) is 0 Å². The topological polar surface area (TPSA) is 125 Å². The second-order valence-corrected chi connectivity index (χ2v) is 9.18. The maximum absolute atomic E-state index is 13.1. The molecule has 10 heteroatoms. The Hall–Kier alpha value is -3.63. The summed E-state index contributed by atoms with van der Waals surface area (Å²) in [5, 5.41) is 38.8. The molecule has 4 aromatic rings. The van der Waals surface area contributed by atoms with Crippen molar-refractivity contribution in [2.24, 2.45) is 0 Å². The zero-order valence-corrected chi connectivity index (χ0v) is 18.5. The summed E-state index contributed by atoms with van der Waals surface area (Å²) in [6.45, 7) is 2.02. The average Bonchev–Trinajstić information content (AvgIpc) is 3.51. The zero-order chi connectivity index (χ0) is 22.7. The molecule has 0 saturated heterocycles. The molecule has 0 radical (unpaired) electrons. The van der Waals surface area contributed by atoms with Crippen molar-refractivity contribution in [3.8, 4) is 39.6 Å². The van der Waals surface area contributed by atoms with Crippen LogP contribution >= 0.6 is 11.3 Å². The van der Waals surface area contributed by atoms with Crippen LogP contribution in [0, 0.1) is 6.92 Å². The molecule has 0 atom stereocenters. The highest BCUT2D eigenvalue weighted by Gasteiger charge is 2.34. The second kappa shape index (κ2) is 7.46. The molecule has 3 aromatic heterocycles. The fourth-order valence-electron chi connectivity index (χ4n) is 4.44. The molecule has 2 aliphatic rings. The van der Waals surface area contributed by atoms with Gasteiger partial charge in [0.1, 0.15) is 18.1 Å². The van der Waals surface area contributed by atoms with Gasteiger partial charge in [0.2, 0.25) is 0 Å². The SMILES string of the molecule is Cc1n[nH]cc1-c1cc2c(cc1O)OCc1c(C(=O)NC3CC(O)C3)nn(-c3ccsc3)c1-2. The Labute approximate surface area is 192 Å². The van der Waals surface area contributed by atoms with E-state index in [0.29, 0.717) is 35.4 Å². The molecule has 1 aliphatic carbocycles. The van der Waals surface area contributed by atoms with E-state index in [1.54, 1.807) is 28.3 Å². The van der Waals surface area contributed by atoms with Crippen molar-refractivity contribution < 1.29 is 19.7 Å². The lowest BCUT2D eigenvalue weighted by Crippen LogP contribution is -2.47. The number of hydrogen-bond donors (Lipinski definition) is 4. The van der Waals surface area contributed by atoms with Gasteiger partial charge in [0.05, 0.1) is 23.2 Å². The summed E-state index contributed by atoms with van der Waals surface area (Å²) in [4.78, 5) is 13.1. The lowest BCUT2D eigenvalue weighted by Gasteiger charge is -2.31. The van der Waals surface area contributed by atoms with Crippen LogP contribution in [0.4, 0.5) is 0 Å². The standard InChI is InChI=1S/C23H21N5O4S/c1-11-17(8-24-26-11)15-6-16-20(7-19(15)30)32-9-18-21(23(31)25-12-4-14(29)5-12)27-28(22(16)18)13-2-3-33-10-13/h2-3,6-8,10,12,14,29-30H,4-5,9H2,1H3,(H,24,26)(H,25,31). The summed E-state index contributed by atoms with van der Waals surface area (Å²) in [6, 6.07) is 5.34. The van der Waals surface area contributed by atoms with Gasteiger partial charge in [-0.25, -0.2) is 4.68 Å².